The average molecular weight is 393 g/mol. The average Bonchev–Trinajstić information content (AvgIpc) is 3.35. The normalized spacial score (nSPS) is 16.2. The Morgan fingerprint density at radius 3 is 2.66 bits per heavy atom. The minimum atomic E-state index is -0.355. The maximum atomic E-state index is 13.0. The van der Waals surface area contributed by atoms with Gasteiger partial charge in [0.15, 0.2) is 5.69 Å². The van der Waals surface area contributed by atoms with E-state index in [1.165, 1.54) is 35.3 Å². The second-order valence-corrected chi connectivity index (χ2v) is 7.04. The van der Waals surface area contributed by atoms with Gasteiger partial charge in [0.1, 0.15) is 5.82 Å². The van der Waals surface area contributed by atoms with Crippen LogP contribution in [0.1, 0.15) is 22.5 Å². The number of hydrogen-bond acceptors (Lipinski definition) is 4. The van der Waals surface area contributed by atoms with Gasteiger partial charge in [-0.2, -0.15) is 9.90 Å². The molecule has 8 heteroatoms. The van der Waals surface area contributed by atoms with E-state index >= 15 is 0 Å². The largest absolute Gasteiger partial charge is 0.350 e. The van der Waals surface area contributed by atoms with E-state index in [1.54, 1.807) is 0 Å². The van der Waals surface area contributed by atoms with Crippen molar-refractivity contribution in [1.82, 2.24) is 25.2 Å². The van der Waals surface area contributed by atoms with Crippen molar-refractivity contribution in [3.63, 3.8) is 0 Å². The first-order chi connectivity index (χ1) is 14.1. The van der Waals surface area contributed by atoms with E-state index in [0.717, 1.165) is 5.56 Å². The van der Waals surface area contributed by atoms with Crippen molar-refractivity contribution in [3.05, 3.63) is 77.9 Å². The molecule has 1 aliphatic heterocycles. The van der Waals surface area contributed by atoms with Crippen LogP contribution in [0.15, 0.2) is 60.8 Å². The molecular formula is C21H20FN5O2. The van der Waals surface area contributed by atoms with Crippen molar-refractivity contribution in [2.75, 3.05) is 13.1 Å². The van der Waals surface area contributed by atoms with E-state index in [1.807, 2.05) is 35.2 Å². The lowest BCUT2D eigenvalue weighted by atomic mass is 10.1. The Kier molecular flexibility index (Phi) is 5.33. The van der Waals surface area contributed by atoms with Crippen molar-refractivity contribution in [2.24, 2.45) is 5.92 Å². The molecule has 7 nitrogen and oxygen atoms in total. The van der Waals surface area contributed by atoms with Crippen molar-refractivity contribution in [3.8, 4) is 5.69 Å². The fraction of sp³-hybridized carbons (Fsp3) is 0.238. The molecule has 2 aromatic carbocycles. The van der Waals surface area contributed by atoms with Gasteiger partial charge in [-0.05, 0) is 29.8 Å². The molecule has 1 N–H and O–H groups in total. The van der Waals surface area contributed by atoms with Gasteiger partial charge in [0.25, 0.3) is 5.91 Å². The molecule has 1 unspecified atom stereocenters. The predicted octanol–water partition coefficient (Wildman–Crippen LogP) is 2.18. The Labute approximate surface area is 167 Å². The molecule has 2 heterocycles. The molecule has 0 bridgehead atoms. The highest BCUT2D eigenvalue weighted by atomic mass is 19.1. The summed E-state index contributed by atoms with van der Waals surface area (Å²) in [4.78, 5) is 27.7. The Morgan fingerprint density at radius 1 is 1.14 bits per heavy atom. The summed E-state index contributed by atoms with van der Waals surface area (Å²) in [5.41, 5.74) is 1.81. The van der Waals surface area contributed by atoms with Crippen molar-refractivity contribution >= 4 is 11.8 Å². The van der Waals surface area contributed by atoms with Gasteiger partial charge in [0, 0.05) is 32.0 Å². The van der Waals surface area contributed by atoms with Gasteiger partial charge >= 0.3 is 0 Å². The monoisotopic (exact) mass is 393 g/mol. The van der Waals surface area contributed by atoms with E-state index in [4.69, 9.17) is 0 Å². The van der Waals surface area contributed by atoms with Gasteiger partial charge in [0.2, 0.25) is 5.91 Å². The molecule has 0 aliphatic carbocycles. The van der Waals surface area contributed by atoms with Gasteiger partial charge in [0.05, 0.1) is 11.9 Å². The first-order valence-corrected chi connectivity index (χ1v) is 9.36. The van der Waals surface area contributed by atoms with Crippen LogP contribution in [0.5, 0.6) is 0 Å². The van der Waals surface area contributed by atoms with Gasteiger partial charge in [-0.1, -0.05) is 30.3 Å². The summed E-state index contributed by atoms with van der Waals surface area (Å²) in [5.74, 6) is -0.559. The predicted molar refractivity (Wildman–Crippen MR) is 104 cm³/mol. The van der Waals surface area contributed by atoms with Crippen LogP contribution in [0.3, 0.4) is 0 Å². The van der Waals surface area contributed by atoms with E-state index in [-0.39, 0.29) is 29.2 Å². The SMILES string of the molecule is O=C(NCC1CC(=O)N(Cc2ccccc2)C1)c1cnn(-c2ccc(F)cc2)n1. The van der Waals surface area contributed by atoms with Gasteiger partial charge in [-0.25, -0.2) is 4.39 Å². The second kappa shape index (κ2) is 8.22. The van der Waals surface area contributed by atoms with E-state index in [0.29, 0.717) is 31.7 Å². The molecule has 0 spiro atoms. The summed E-state index contributed by atoms with van der Waals surface area (Å²) >= 11 is 0. The topological polar surface area (TPSA) is 80.1 Å². The number of carbonyl (C=O) groups excluding carboxylic acids is 2. The fourth-order valence-corrected chi connectivity index (χ4v) is 3.34. The number of hydrogen-bond donors (Lipinski definition) is 1. The first kappa shape index (κ1) is 18.8. The zero-order valence-electron chi connectivity index (χ0n) is 15.7. The zero-order chi connectivity index (χ0) is 20.2. The number of rotatable bonds is 6. The fourth-order valence-electron chi connectivity index (χ4n) is 3.34. The molecule has 4 rings (SSSR count). The van der Waals surface area contributed by atoms with Crippen molar-refractivity contribution in [2.45, 2.75) is 13.0 Å². The van der Waals surface area contributed by atoms with Gasteiger partial charge < -0.3 is 10.2 Å². The number of aromatic nitrogens is 3. The molecule has 3 aromatic rings. The molecule has 0 saturated carbocycles. The minimum Gasteiger partial charge on any atom is -0.350 e. The maximum Gasteiger partial charge on any atom is 0.273 e. The third kappa shape index (κ3) is 4.48. The highest BCUT2D eigenvalue weighted by molar-refractivity contribution is 5.92. The van der Waals surface area contributed by atoms with Crippen LogP contribution in [0, 0.1) is 11.7 Å². The molecule has 1 atom stereocenters. The smallest absolute Gasteiger partial charge is 0.273 e. The molecule has 2 amide bonds. The molecule has 1 fully saturated rings. The lowest BCUT2D eigenvalue weighted by molar-refractivity contribution is -0.128. The van der Waals surface area contributed by atoms with Crippen molar-refractivity contribution < 1.29 is 14.0 Å². The van der Waals surface area contributed by atoms with Crippen LogP contribution in [-0.2, 0) is 11.3 Å². The molecule has 1 aromatic heterocycles. The summed E-state index contributed by atoms with van der Waals surface area (Å²) in [6.45, 7) is 1.58. The summed E-state index contributed by atoms with van der Waals surface area (Å²) in [6.07, 6.45) is 1.77. The maximum absolute atomic E-state index is 13.0. The van der Waals surface area contributed by atoms with Crippen molar-refractivity contribution in [1.29, 1.82) is 0 Å². The number of benzene rings is 2. The second-order valence-electron chi connectivity index (χ2n) is 7.04. The zero-order valence-corrected chi connectivity index (χ0v) is 15.7. The number of amides is 2. The Balaban J connectivity index is 1.31. The summed E-state index contributed by atoms with van der Waals surface area (Å²) in [5, 5.41) is 11.0. The first-order valence-electron chi connectivity index (χ1n) is 9.36. The van der Waals surface area contributed by atoms with Crippen LogP contribution in [0.2, 0.25) is 0 Å². The standard InChI is InChI=1S/C21H20FN5O2/c22-17-6-8-18(9-7-17)27-24-12-19(25-27)21(29)23-11-16-10-20(28)26(14-16)13-15-4-2-1-3-5-15/h1-9,12,16H,10-11,13-14H2,(H,23,29). The lowest BCUT2D eigenvalue weighted by Gasteiger charge is -2.16. The molecular weight excluding hydrogens is 373 g/mol. The molecule has 1 aliphatic rings. The summed E-state index contributed by atoms with van der Waals surface area (Å²) in [7, 11) is 0. The molecule has 0 radical (unpaired) electrons. The number of carbonyl (C=O) groups is 2. The molecule has 148 valence electrons. The summed E-state index contributed by atoms with van der Waals surface area (Å²) in [6, 6.07) is 15.5. The lowest BCUT2D eigenvalue weighted by Crippen LogP contribution is -2.31. The van der Waals surface area contributed by atoms with Crippen LogP contribution in [-0.4, -0.2) is 44.8 Å². The van der Waals surface area contributed by atoms with Crippen LogP contribution in [0.4, 0.5) is 4.39 Å². The number of nitrogens with one attached hydrogen (secondary N) is 1. The number of nitrogens with zero attached hydrogens (tertiary/aromatic N) is 4. The van der Waals surface area contributed by atoms with E-state index in [9.17, 15) is 14.0 Å². The Morgan fingerprint density at radius 2 is 1.90 bits per heavy atom. The van der Waals surface area contributed by atoms with Crippen LogP contribution in [0.25, 0.3) is 5.69 Å². The Bertz CT molecular complexity index is 1000. The van der Waals surface area contributed by atoms with E-state index in [2.05, 4.69) is 15.5 Å². The minimum absolute atomic E-state index is 0.0577. The Hall–Kier alpha value is -3.55. The van der Waals surface area contributed by atoms with Crippen LogP contribution < -0.4 is 5.32 Å². The number of likely N-dealkylation sites (tertiary alicyclic amines) is 1. The van der Waals surface area contributed by atoms with Crippen LogP contribution >= 0.6 is 0 Å². The number of halogens is 1. The quantitative estimate of drug-likeness (QED) is 0.696. The third-order valence-electron chi connectivity index (χ3n) is 4.84. The summed E-state index contributed by atoms with van der Waals surface area (Å²) < 4.78 is 13.0. The van der Waals surface area contributed by atoms with Gasteiger partial charge in [-0.15, -0.1) is 5.10 Å². The van der Waals surface area contributed by atoms with E-state index < -0.39 is 0 Å². The highest BCUT2D eigenvalue weighted by Crippen LogP contribution is 2.19. The molecule has 1 saturated heterocycles. The van der Waals surface area contributed by atoms with Gasteiger partial charge in [-0.3, -0.25) is 9.59 Å². The highest BCUT2D eigenvalue weighted by Gasteiger charge is 2.29. The molecule has 29 heavy (non-hydrogen) atoms. The third-order valence-corrected chi connectivity index (χ3v) is 4.84.